The molecule has 0 aliphatic carbocycles. The second-order valence-electron chi connectivity index (χ2n) is 3.40. The first-order chi connectivity index (χ1) is 8.58. The van der Waals surface area contributed by atoms with Gasteiger partial charge in [-0.05, 0) is 24.3 Å². The quantitative estimate of drug-likeness (QED) is 0.600. The largest absolute Gasteiger partial charge is 0.449 e. The van der Waals surface area contributed by atoms with Crippen molar-refractivity contribution in [1.29, 1.82) is 0 Å². The maximum absolute atomic E-state index is 10.8. The van der Waals surface area contributed by atoms with E-state index in [2.05, 4.69) is 15.9 Å². The summed E-state index contributed by atoms with van der Waals surface area (Å²) in [5, 5.41) is 11.2. The molecule has 6 heteroatoms. The predicted octanol–water partition coefficient (Wildman–Crippen LogP) is 4.80. The molecule has 18 heavy (non-hydrogen) atoms. The average Bonchev–Trinajstić information content (AvgIpc) is 2.34. The molecule has 92 valence electrons. The highest BCUT2D eigenvalue weighted by atomic mass is 79.9. The molecule has 0 aromatic heterocycles. The first kappa shape index (κ1) is 12.9. The summed E-state index contributed by atoms with van der Waals surface area (Å²) in [7, 11) is 0. The van der Waals surface area contributed by atoms with Crippen LogP contribution < -0.4 is 4.74 Å². The van der Waals surface area contributed by atoms with Crippen LogP contribution in [0.15, 0.2) is 46.9 Å². The van der Waals surface area contributed by atoms with E-state index in [0.29, 0.717) is 10.8 Å². The molecule has 0 radical (unpaired) electrons. The summed E-state index contributed by atoms with van der Waals surface area (Å²) >= 11 is 9.25. The van der Waals surface area contributed by atoms with Crippen LogP contribution in [-0.4, -0.2) is 4.92 Å². The molecular formula is C12H7BrClNO3. The zero-order valence-electron chi connectivity index (χ0n) is 8.97. The van der Waals surface area contributed by atoms with Gasteiger partial charge >= 0.3 is 5.69 Å². The van der Waals surface area contributed by atoms with Crippen LogP contribution in [0.25, 0.3) is 0 Å². The topological polar surface area (TPSA) is 52.4 Å². The molecular weight excluding hydrogens is 321 g/mol. The number of ether oxygens (including phenoxy) is 1. The predicted molar refractivity (Wildman–Crippen MR) is 72.3 cm³/mol. The van der Waals surface area contributed by atoms with E-state index in [1.165, 1.54) is 12.1 Å². The Hall–Kier alpha value is -1.59. The van der Waals surface area contributed by atoms with Gasteiger partial charge in [-0.15, -0.1) is 0 Å². The minimum atomic E-state index is -0.499. The molecule has 0 atom stereocenters. The molecule has 0 saturated heterocycles. The number of nitro benzene ring substituents is 1. The summed E-state index contributed by atoms with van der Waals surface area (Å²) in [6.07, 6.45) is 0. The van der Waals surface area contributed by atoms with E-state index in [1.807, 2.05) is 0 Å². The Morgan fingerprint density at radius 1 is 1.17 bits per heavy atom. The normalized spacial score (nSPS) is 10.1. The van der Waals surface area contributed by atoms with Gasteiger partial charge in [0.1, 0.15) is 5.75 Å². The SMILES string of the molecule is O=[N+]([O-])c1ccccc1Oc1cc(Br)ccc1Cl. The van der Waals surface area contributed by atoms with Crippen LogP contribution in [-0.2, 0) is 0 Å². The molecule has 0 heterocycles. The summed E-state index contributed by atoms with van der Waals surface area (Å²) in [4.78, 5) is 10.3. The third kappa shape index (κ3) is 2.80. The number of hydrogen-bond donors (Lipinski definition) is 0. The van der Waals surface area contributed by atoms with Gasteiger partial charge in [-0.25, -0.2) is 0 Å². The van der Waals surface area contributed by atoms with Crippen LogP contribution in [0.1, 0.15) is 0 Å². The lowest BCUT2D eigenvalue weighted by molar-refractivity contribution is -0.385. The molecule has 2 rings (SSSR count). The standard InChI is InChI=1S/C12H7BrClNO3/c13-8-5-6-9(14)12(7-8)18-11-4-2-1-3-10(11)15(16)17/h1-7H. The van der Waals surface area contributed by atoms with Gasteiger partial charge in [0.2, 0.25) is 5.75 Å². The molecule has 2 aromatic rings. The Balaban J connectivity index is 2.40. The summed E-state index contributed by atoms with van der Waals surface area (Å²) in [6.45, 7) is 0. The van der Waals surface area contributed by atoms with E-state index in [0.717, 1.165) is 4.47 Å². The fourth-order valence-corrected chi connectivity index (χ4v) is 1.86. The minimum Gasteiger partial charge on any atom is -0.449 e. The molecule has 0 amide bonds. The van der Waals surface area contributed by atoms with Crippen molar-refractivity contribution in [2.75, 3.05) is 0 Å². The third-order valence-electron chi connectivity index (χ3n) is 2.18. The van der Waals surface area contributed by atoms with Crippen molar-refractivity contribution in [3.8, 4) is 11.5 Å². The first-order valence-corrected chi connectivity index (χ1v) is 6.11. The highest BCUT2D eigenvalue weighted by Crippen LogP contribution is 2.35. The lowest BCUT2D eigenvalue weighted by atomic mass is 10.3. The molecule has 0 bridgehead atoms. The first-order valence-electron chi connectivity index (χ1n) is 4.94. The lowest BCUT2D eigenvalue weighted by Gasteiger charge is -2.08. The van der Waals surface area contributed by atoms with Crippen molar-refractivity contribution in [3.05, 3.63) is 62.1 Å². The van der Waals surface area contributed by atoms with Crippen LogP contribution in [0.2, 0.25) is 5.02 Å². The smallest absolute Gasteiger partial charge is 0.311 e. The van der Waals surface area contributed by atoms with Gasteiger partial charge in [0.15, 0.2) is 0 Å². The average molecular weight is 329 g/mol. The van der Waals surface area contributed by atoms with Gasteiger partial charge in [-0.3, -0.25) is 10.1 Å². The molecule has 0 saturated carbocycles. The second kappa shape index (κ2) is 5.37. The van der Waals surface area contributed by atoms with E-state index >= 15 is 0 Å². The number of nitrogens with zero attached hydrogens (tertiary/aromatic N) is 1. The Labute approximate surface area is 116 Å². The third-order valence-corrected chi connectivity index (χ3v) is 2.98. The molecule has 0 N–H and O–H groups in total. The maximum atomic E-state index is 10.8. The van der Waals surface area contributed by atoms with Gasteiger partial charge in [-0.1, -0.05) is 39.7 Å². The van der Waals surface area contributed by atoms with Gasteiger partial charge in [0, 0.05) is 10.5 Å². The van der Waals surface area contributed by atoms with E-state index in [1.54, 1.807) is 30.3 Å². The van der Waals surface area contributed by atoms with Crippen LogP contribution in [0.3, 0.4) is 0 Å². The highest BCUT2D eigenvalue weighted by molar-refractivity contribution is 9.10. The number of rotatable bonds is 3. The fourth-order valence-electron chi connectivity index (χ4n) is 1.37. The van der Waals surface area contributed by atoms with Crippen molar-refractivity contribution >= 4 is 33.2 Å². The van der Waals surface area contributed by atoms with Crippen LogP contribution in [0.5, 0.6) is 11.5 Å². The minimum absolute atomic E-state index is 0.103. The lowest BCUT2D eigenvalue weighted by Crippen LogP contribution is -1.93. The summed E-state index contributed by atoms with van der Waals surface area (Å²) in [5.74, 6) is 0.517. The van der Waals surface area contributed by atoms with E-state index in [9.17, 15) is 10.1 Å². The Kier molecular flexibility index (Phi) is 3.84. The zero-order valence-corrected chi connectivity index (χ0v) is 11.3. The Morgan fingerprint density at radius 2 is 1.89 bits per heavy atom. The summed E-state index contributed by atoms with van der Waals surface area (Å²) < 4.78 is 6.26. The van der Waals surface area contributed by atoms with E-state index < -0.39 is 4.92 Å². The number of para-hydroxylation sites is 2. The van der Waals surface area contributed by atoms with Gasteiger partial charge < -0.3 is 4.74 Å². The Bertz CT molecular complexity index is 604. The Morgan fingerprint density at radius 3 is 2.61 bits per heavy atom. The van der Waals surface area contributed by atoms with Crippen LogP contribution in [0.4, 0.5) is 5.69 Å². The molecule has 4 nitrogen and oxygen atoms in total. The van der Waals surface area contributed by atoms with E-state index in [-0.39, 0.29) is 11.4 Å². The zero-order chi connectivity index (χ0) is 13.1. The monoisotopic (exact) mass is 327 g/mol. The molecule has 0 aliphatic heterocycles. The highest BCUT2D eigenvalue weighted by Gasteiger charge is 2.15. The van der Waals surface area contributed by atoms with Crippen molar-refractivity contribution < 1.29 is 9.66 Å². The second-order valence-corrected chi connectivity index (χ2v) is 4.72. The molecule has 0 unspecified atom stereocenters. The molecule has 0 aliphatic rings. The molecule has 0 fully saturated rings. The van der Waals surface area contributed by atoms with Crippen molar-refractivity contribution in [2.45, 2.75) is 0 Å². The molecule has 2 aromatic carbocycles. The van der Waals surface area contributed by atoms with Crippen molar-refractivity contribution in [2.24, 2.45) is 0 Å². The van der Waals surface area contributed by atoms with Gasteiger partial charge in [-0.2, -0.15) is 0 Å². The van der Waals surface area contributed by atoms with Crippen LogP contribution >= 0.6 is 27.5 Å². The van der Waals surface area contributed by atoms with E-state index in [4.69, 9.17) is 16.3 Å². The van der Waals surface area contributed by atoms with Crippen molar-refractivity contribution in [1.82, 2.24) is 0 Å². The van der Waals surface area contributed by atoms with Gasteiger partial charge in [0.05, 0.1) is 9.95 Å². The maximum Gasteiger partial charge on any atom is 0.311 e. The van der Waals surface area contributed by atoms with Crippen molar-refractivity contribution in [3.63, 3.8) is 0 Å². The number of nitro groups is 1. The number of halogens is 2. The summed E-state index contributed by atoms with van der Waals surface area (Å²) in [6, 6.07) is 11.2. The summed E-state index contributed by atoms with van der Waals surface area (Å²) in [5.41, 5.74) is -0.103. The number of benzene rings is 2. The number of hydrogen-bond acceptors (Lipinski definition) is 3. The molecule has 0 spiro atoms. The van der Waals surface area contributed by atoms with Gasteiger partial charge in [0.25, 0.3) is 0 Å². The van der Waals surface area contributed by atoms with Crippen LogP contribution in [0, 0.1) is 10.1 Å². The fraction of sp³-hybridized carbons (Fsp3) is 0.